The molecule has 0 fully saturated rings. The van der Waals surface area contributed by atoms with E-state index in [0.29, 0.717) is 6.61 Å². The van der Waals surface area contributed by atoms with E-state index in [1.165, 1.54) is 271 Å². The highest BCUT2D eigenvalue weighted by Crippen LogP contribution is 2.15. The van der Waals surface area contributed by atoms with Gasteiger partial charge in [-0.05, 0) is 52.2 Å². The van der Waals surface area contributed by atoms with Crippen molar-refractivity contribution in [2.45, 2.75) is 298 Å². The number of rotatable bonds is 45. The van der Waals surface area contributed by atoms with Crippen LogP contribution < -0.4 is 0 Å². The molecule has 4 nitrogen and oxygen atoms in total. The van der Waals surface area contributed by atoms with Gasteiger partial charge in [-0.25, -0.2) is 4.79 Å². The van der Waals surface area contributed by atoms with Crippen LogP contribution in [-0.2, 0) is 9.53 Å². The Bertz CT molecular complexity index is 626. The van der Waals surface area contributed by atoms with Crippen molar-refractivity contribution in [3.63, 3.8) is 0 Å². The van der Waals surface area contributed by atoms with Crippen LogP contribution in [0, 0.1) is 0 Å². The third-order valence-electron chi connectivity index (χ3n) is 11.6. The second kappa shape index (κ2) is 51.4. The molecule has 332 valence electrons. The minimum atomic E-state index is -0.992. The summed E-state index contributed by atoms with van der Waals surface area (Å²) >= 11 is 0. The van der Waals surface area contributed by atoms with Crippen molar-refractivity contribution in [3.05, 3.63) is 0 Å². The molecule has 55 heavy (non-hydrogen) atoms. The number of nitrogens with zero attached hydrogens (tertiary/aromatic N) is 1. The van der Waals surface area contributed by atoms with Gasteiger partial charge in [-0.1, -0.05) is 259 Å². The SMILES string of the molecule is CCCCCCCCCCCCN(CCCCCCCCCCCC)CCCCCCCCCCCC.CCCCCCCCCCCCOC(=O)C(C)O. The summed E-state index contributed by atoms with van der Waals surface area (Å²) in [7, 11) is 0. The Morgan fingerprint density at radius 2 is 0.564 bits per heavy atom. The van der Waals surface area contributed by atoms with E-state index in [4.69, 9.17) is 9.84 Å². The van der Waals surface area contributed by atoms with Gasteiger partial charge >= 0.3 is 5.97 Å². The van der Waals surface area contributed by atoms with Crippen LogP contribution in [0.4, 0.5) is 0 Å². The van der Waals surface area contributed by atoms with Gasteiger partial charge in [-0.2, -0.15) is 0 Å². The van der Waals surface area contributed by atoms with E-state index in [-0.39, 0.29) is 0 Å². The predicted octanol–water partition coefficient (Wildman–Crippen LogP) is 16.9. The van der Waals surface area contributed by atoms with Gasteiger partial charge < -0.3 is 14.7 Å². The van der Waals surface area contributed by atoms with E-state index in [1.807, 2.05) is 0 Å². The Morgan fingerprint density at radius 1 is 0.364 bits per heavy atom. The molecule has 1 unspecified atom stereocenters. The molecule has 0 aliphatic rings. The zero-order chi connectivity index (χ0) is 40.6. The lowest BCUT2D eigenvalue weighted by Gasteiger charge is -2.22. The van der Waals surface area contributed by atoms with Crippen molar-refractivity contribution < 1.29 is 14.6 Å². The van der Waals surface area contributed by atoms with E-state index in [2.05, 4.69) is 32.6 Å². The second-order valence-electron chi connectivity index (χ2n) is 17.4. The highest BCUT2D eigenvalue weighted by Gasteiger charge is 2.09. The largest absolute Gasteiger partial charge is 0.464 e. The number of hydrogen-bond donors (Lipinski definition) is 1. The summed E-state index contributed by atoms with van der Waals surface area (Å²) in [5, 5.41) is 8.91. The average molecular weight is 780 g/mol. The van der Waals surface area contributed by atoms with Gasteiger partial charge in [0.1, 0.15) is 6.10 Å². The maximum absolute atomic E-state index is 10.9. The summed E-state index contributed by atoms with van der Waals surface area (Å²) in [6, 6.07) is 0. The van der Waals surface area contributed by atoms with Crippen LogP contribution in [-0.4, -0.2) is 48.3 Å². The molecule has 0 bridgehead atoms. The van der Waals surface area contributed by atoms with Gasteiger partial charge in [-0.15, -0.1) is 0 Å². The molecule has 0 aliphatic carbocycles. The number of esters is 1. The Kier molecular flexibility index (Phi) is 52.8. The van der Waals surface area contributed by atoms with Crippen molar-refractivity contribution in [1.29, 1.82) is 0 Å². The first-order valence-electron chi connectivity index (χ1n) is 25.6. The Labute approximate surface area is 348 Å². The third kappa shape index (κ3) is 51.4. The van der Waals surface area contributed by atoms with Gasteiger partial charge in [0, 0.05) is 0 Å². The zero-order valence-electron chi connectivity index (χ0n) is 38.9. The molecular formula is C51H105NO3. The molecule has 0 aliphatic heterocycles. The topological polar surface area (TPSA) is 49.8 Å². The molecular weight excluding hydrogens is 675 g/mol. The van der Waals surface area contributed by atoms with E-state index < -0.39 is 12.1 Å². The van der Waals surface area contributed by atoms with Crippen molar-refractivity contribution in [2.24, 2.45) is 0 Å². The van der Waals surface area contributed by atoms with Crippen LogP contribution in [0.3, 0.4) is 0 Å². The van der Waals surface area contributed by atoms with Crippen molar-refractivity contribution in [1.82, 2.24) is 4.90 Å². The van der Waals surface area contributed by atoms with Crippen LogP contribution in [0.15, 0.2) is 0 Å². The van der Waals surface area contributed by atoms with Gasteiger partial charge in [0.25, 0.3) is 0 Å². The van der Waals surface area contributed by atoms with E-state index in [0.717, 1.165) is 12.8 Å². The first-order chi connectivity index (χ1) is 27.0. The molecule has 0 heterocycles. The molecule has 0 rings (SSSR count). The summed E-state index contributed by atoms with van der Waals surface area (Å²) in [5.74, 6) is -0.508. The fraction of sp³-hybridized carbons (Fsp3) is 0.980. The van der Waals surface area contributed by atoms with Crippen LogP contribution in [0.2, 0.25) is 0 Å². The number of aliphatic hydroxyl groups excluding tert-OH is 1. The number of ether oxygens (including phenoxy) is 1. The lowest BCUT2D eigenvalue weighted by Crippen LogP contribution is -2.27. The van der Waals surface area contributed by atoms with Crippen LogP contribution in [0.5, 0.6) is 0 Å². The smallest absolute Gasteiger partial charge is 0.334 e. The molecule has 0 aromatic rings. The fourth-order valence-electron chi connectivity index (χ4n) is 7.69. The first-order valence-corrected chi connectivity index (χ1v) is 25.6. The number of carbonyl (C=O) groups is 1. The lowest BCUT2D eigenvalue weighted by molar-refractivity contribution is -0.152. The standard InChI is InChI=1S/C36H75N.C15H30O3/c1-4-7-10-13-16-19-22-25-28-31-34-37(35-32-29-26-23-20-17-14-11-8-5-2)36-33-30-27-24-21-18-15-12-9-6-3;1-3-4-5-6-7-8-9-10-11-12-13-18-15(17)14(2)16/h4-36H2,1-3H3;14,16H,3-13H2,1-2H3. The normalized spacial score (nSPS) is 11.9. The Hall–Kier alpha value is -0.610. The summed E-state index contributed by atoms with van der Waals surface area (Å²) in [6.45, 7) is 15.2. The van der Waals surface area contributed by atoms with Crippen molar-refractivity contribution in [2.75, 3.05) is 26.2 Å². The quantitative estimate of drug-likeness (QED) is 0.0494. The number of carbonyl (C=O) groups excluding carboxylic acids is 1. The van der Waals surface area contributed by atoms with Crippen LogP contribution >= 0.6 is 0 Å². The molecule has 0 amide bonds. The van der Waals surface area contributed by atoms with Gasteiger partial charge in [0.05, 0.1) is 6.61 Å². The number of unbranched alkanes of at least 4 members (excludes halogenated alkanes) is 36. The molecule has 0 aromatic carbocycles. The molecule has 0 spiro atoms. The second-order valence-corrected chi connectivity index (χ2v) is 17.4. The van der Waals surface area contributed by atoms with Gasteiger partial charge in [0.15, 0.2) is 0 Å². The third-order valence-corrected chi connectivity index (χ3v) is 11.6. The number of aliphatic hydroxyl groups is 1. The van der Waals surface area contributed by atoms with Crippen molar-refractivity contribution >= 4 is 5.97 Å². The van der Waals surface area contributed by atoms with Crippen LogP contribution in [0.25, 0.3) is 0 Å². The highest BCUT2D eigenvalue weighted by molar-refractivity contribution is 5.73. The zero-order valence-corrected chi connectivity index (χ0v) is 38.9. The average Bonchev–Trinajstić information content (AvgIpc) is 3.18. The lowest BCUT2D eigenvalue weighted by atomic mass is 10.1. The fourth-order valence-corrected chi connectivity index (χ4v) is 7.69. The minimum absolute atomic E-state index is 0.445. The molecule has 0 saturated carbocycles. The summed E-state index contributed by atoms with van der Waals surface area (Å²) in [6.07, 6.45) is 55.3. The molecule has 0 radical (unpaired) electrons. The maximum Gasteiger partial charge on any atom is 0.334 e. The first kappa shape index (κ1) is 56.5. The van der Waals surface area contributed by atoms with Gasteiger partial charge in [0.2, 0.25) is 0 Å². The summed E-state index contributed by atoms with van der Waals surface area (Å²) in [4.78, 5) is 13.8. The predicted molar refractivity (Wildman–Crippen MR) is 246 cm³/mol. The summed E-state index contributed by atoms with van der Waals surface area (Å²) in [5.41, 5.74) is 0. The molecule has 4 heteroatoms. The van der Waals surface area contributed by atoms with E-state index >= 15 is 0 Å². The Morgan fingerprint density at radius 3 is 0.782 bits per heavy atom. The number of hydrogen-bond acceptors (Lipinski definition) is 4. The highest BCUT2D eigenvalue weighted by atomic mass is 16.5. The van der Waals surface area contributed by atoms with Gasteiger partial charge in [-0.3, -0.25) is 0 Å². The van der Waals surface area contributed by atoms with E-state index in [1.54, 1.807) is 0 Å². The molecule has 0 saturated heterocycles. The van der Waals surface area contributed by atoms with Crippen LogP contribution in [0.1, 0.15) is 291 Å². The monoisotopic (exact) mass is 780 g/mol. The molecule has 0 aromatic heterocycles. The minimum Gasteiger partial charge on any atom is -0.464 e. The van der Waals surface area contributed by atoms with Crippen molar-refractivity contribution in [3.8, 4) is 0 Å². The molecule has 1 atom stereocenters. The summed E-state index contributed by atoms with van der Waals surface area (Å²) < 4.78 is 4.89. The molecule has 1 N–H and O–H groups in total. The maximum atomic E-state index is 10.9. The van der Waals surface area contributed by atoms with E-state index in [9.17, 15) is 4.79 Å². The Balaban J connectivity index is 0.